The number of likely N-dealkylation sites (tertiary alicyclic amines) is 1. The van der Waals surface area contributed by atoms with E-state index in [1.54, 1.807) is 6.07 Å². The third kappa shape index (κ3) is 3.74. The zero-order valence-corrected chi connectivity index (χ0v) is 15.5. The summed E-state index contributed by atoms with van der Waals surface area (Å²) in [6.07, 6.45) is 4.13. The van der Waals surface area contributed by atoms with Gasteiger partial charge in [-0.25, -0.2) is 0 Å². The number of fused-ring (bicyclic) bond motifs is 1. The minimum atomic E-state index is -0.0853. The fourth-order valence-corrected chi connectivity index (χ4v) is 4.65. The van der Waals surface area contributed by atoms with Gasteiger partial charge in [0.1, 0.15) is 0 Å². The minimum absolute atomic E-state index is 0.0701. The Morgan fingerprint density at radius 2 is 2.17 bits per heavy atom. The van der Waals surface area contributed by atoms with E-state index >= 15 is 0 Å². The molecule has 1 N–H and O–H groups in total. The smallest absolute Gasteiger partial charge is 0.0847 e. The summed E-state index contributed by atoms with van der Waals surface area (Å²) >= 11 is 12.4. The van der Waals surface area contributed by atoms with E-state index in [-0.39, 0.29) is 18.3 Å². The number of ether oxygens (including phenoxy) is 2. The molecule has 2 fully saturated rings. The number of benzene rings is 1. The summed E-state index contributed by atoms with van der Waals surface area (Å²) in [5.41, 5.74) is 1.00. The molecule has 0 radical (unpaired) electrons. The van der Waals surface area contributed by atoms with E-state index in [0.717, 1.165) is 44.3 Å². The molecule has 0 spiro atoms. The summed E-state index contributed by atoms with van der Waals surface area (Å²) in [5.74, 6) is 0. The van der Waals surface area contributed by atoms with Gasteiger partial charge in [-0.1, -0.05) is 29.3 Å². The number of hydrogen-bond donors (Lipinski definition) is 1. The largest absolute Gasteiger partial charge is 0.394 e. The average molecular weight is 374 g/mol. The molecule has 0 unspecified atom stereocenters. The Kier molecular flexibility index (Phi) is 6.07. The number of hydrogen-bond acceptors (Lipinski definition) is 4. The van der Waals surface area contributed by atoms with E-state index < -0.39 is 0 Å². The summed E-state index contributed by atoms with van der Waals surface area (Å²) in [7, 11) is 1.82. The quantitative estimate of drug-likeness (QED) is 0.828. The number of aliphatic hydroxyl groups excluding tert-OH is 1. The molecule has 6 heteroatoms. The zero-order valence-electron chi connectivity index (χ0n) is 14.0. The molecule has 1 aliphatic heterocycles. The van der Waals surface area contributed by atoms with E-state index in [1.165, 1.54) is 0 Å². The van der Waals surface area contributed by atoms with Crippen LogP contribution in [0.4, 0.5) is 0 Å². The van der Waals surface area contributed by atoms with Crippen molar-refractivity contribution in [3.8, 4) is 0 Å². The van der Waals surface area contributed by atoms with E-state index in [2.05, 4.69) is 4.90 Å². The molecule has 1 aliphatic carbocycles. The van der Waals surface area contributed by atoms with Gasteiger partial charge >= 0.3 is 0 Å². The van der Waals surface area contributed by atoms with Crippen molar-refractivity contribution < 1.29 is 14.6 Å². The molecule has 1 saturated heterocycles. The van der Waals surface area contributed by atoms with Crippen molar-refractivity contribution in [2.75, 3.05) is 26.9 Å². The topological polar surface area (TPSA) is 41.9 Å². The molecule has 1 aromatic carbocycles. The van der Waals surface area contributed by atoms with Crippen molar-refractivity contribution >= 4 is 23.2 Å². The van der Waals surface area contributed by atoms with Gasteiger partial charge in [-0.05, 0) is 43.4 Å². The highest BCUT2D eigenvalue weighted by Crippen LogP contribution is 2.44. The van der Waals surface area contributed by atoms with E-state index in [0.29, 0.717) is 22.7 Å². The van der Waals surface area contributed by atoms with Crippen LogP contribution < -0.4 is 0 Å². The first-order chi connectivity index (χ1) is 11.6. The Morgan fingerprint density at radius 3 is 2.88 bits per heavy atom. The molecule has 0 amide bonds. The molecular weight excluding hydrogens is 349 g/mol. The molecule has 134 valence electrons. The van der Waals surface area contributed by atoms with Crippen molar-refractivity contribution in [3.05, 3.63) is 33.8 Å². The lowest BCUT2D eigenvalue weighted by Crippen LogP contribution is -2.51. The minimum Gasteiger partial charge on any atom is -0.394 e. The number of nitrogens with zero attached hydrogens (tertiary/aromatic N) is 1. The first kappa shape index (κ1) is 18.4. The van der Waals surface area contributed by atoms with Gasteiger partial charge in [-0.2, -0.15) is 0 Å². The molecule has 1 heterocycles. The fourth-order valence-electron chi connectivity index (χ4n) is 4.18. The van der Waals surface area contributed by atoms with Crippen LogP contribution in [-0.2, 0) is 16.0 Å². The predicted molar refractivity (Wildman–Crippen MR) is 95.7 cm³/mol. The number of halogens is 2. The average Bonchev–Trinajstić information content (AvgIpc) is 2.94. The third-order valence-electron chi connectivity index (χ3n) is 5.49. The Bertz CT molecular complexity index is 571. The predicted octanol–water partition coefficient (Wildman–Crippen LogP) is 3.51. The summed E-state index contributed by atoms with van der Waals surface area (Å²) in [6, 6.07) is 5.99. The van der Waals surface area contributed by atoms with Crippen LogP contribution in [0.25, 0.3) is 0 Å². The maximum atomic E-state index is 9.00. The van der Waals surface area contributed by atoms with E-state index in [9.17, 15) is 0 Å². The summed E-state index contributed by atoms with van der Waals surface area (Å²) in [6.45, 7) is 2.25. The van der Waals surface area contributed by atoms with Crippen molar-refractivity contribution in [2.24, 2.45) is 0 Å². The summed E-state index contributed by atoms with van der Waals surface area (Å²) < 4.78 is 11.8. The van der Waals surface area contributed by atoms with Crippen LogP contribution in [0.3, 0.4) is 0 Å². The lowest BCUT2D eigenvalue weighted by Gasteiger charge is -2.43. The molecule has 24 heavy (non-hydrogen) atoms. The lowest BCUT2D eigenvalue weighted by atomic mass is 9.79. The van der Waals surface area contributed by atoms with Crippen LogP contribution in [0, 0.1) is 0 Å². The SMILES string of the molecule is CO[C@@]12CC[C@@H](OCCO)C[C@@H]1N(Cc1ccc(Cl)cc1Cl)CC2. The number of aliphatic hydroxyl groups is 1. The molecule has 2 aliphatic rings. The monoisotopic (exact) mass is 373 g/mol. The first-order valence-electron chi connectivity index (χ1n) is 8.53. The molecule has 1 aromatic rings. The van der Waals surface area contributed by atoms with Crippen molar-refractivity contribution in [2.45, 2.75) is 50.0 Å². The molecule has 0 aromatic heterocycles. The summed E-state index contributed by atoms with van der Waals surface area (Å²) in [4.78, 5) is 2.45. The van der Waals surface area contributed by atoms with Crippen LogP contribution in [0.15, 0.2) is 18.2 Å². The first-order valence-corrected chi connectivity index (χ1v) is 9.29. The van der Waals surface area contributed by atoms with Gasteiger partial charge < -0.3 is 14.6 Å². The van der Waals surface area contributed by atoms with E-state index in [1.807, 2.05) is 19.2 Å². The normalized spacial score (nSPS) is 30.5. The second-order valence-electron chi connectivity index (χ2n) is 6.73. The van der Waals surface area contributed by atoms with Gasteiger partial charge in [-0.15, -0.1) is 0 Å². The zero-order chi connectivity index (χ0) is 17.2. The fraction of sp³-hybridized carbons (Fsp3) is 0.667. The molecular formula is C18H25Cl2NO3. The second-order valence-corrected chi connectivity index (χ2v) is 7.58. The van der Waals surface area contributed by atoms with Gasteiger partial charge in [0, 0.05) is 36.3 Å². The molecule has 0 bridgehead atoms. The lowest BCUT2D eigenvalue weighted by molar-refractivity contribution is -0.104. The Morgan fingerprint density at radius 1 is 1.33 bits per heavy atom. The van der Waals surface area contributed by atoms with Gasteiger partial charge in [-0.3, -0.25) is 4.90 Å². The van der Waals surface area contributed by atoms with Crippen molar-refractivity contribution in [1.82, 2.24) is 4.90 Å². The Balaban J connectivity index is 1.73. The number of rotatable bonds is 6. The molecule has 1 saturated carbocycles. The highest BCUT2D eigenvalue weighted by molar-refractivity contribution is 6.35. The van der Waals surface area contributed by atoms with Gasteiger partial charge in [0.15, 0.2) is 0 Å². The van der Waals surface area contributed by atoms with Crippen LogP contribution >= 0.6 is 23.2 Å². The molecule has 3 atom stereocenters. The highest BCUT2D eigenvalue weighted by Gasteiger charge is 2.51. The van der Waals surface area contributed by atoms with Crippen molar-refractivity contribution in [1.29, 1.82) is 0 Å². The van der Waals surface area contributed by atoms with Gasteiger partial charge in [0.25, 0.3) is 0 Å². The molecule has 4 nitrogen and oxygen atoms in total. The second kappa shape index (κ2) is 7.90. The molecule has 3 rings (SSSR count). The highest BCUT2D eigenvalue weighted by atomic mass is 35.5. The van der Waals surface area contributed by atoms with E-state index in [4.69, 9.17) is 37.8 Å². The summed E-state index contributed by atoms with van der Waals surface area (Å²) in [5, 5.41) is 10.4. The van der Waals surface area contributed by atoms with Crippen LogP contribution in [0.2, 0.25) is 10.0 Å². The maximum Gasteiger partial charge on any atom is 0.0847 e. The Hall–Kier alpha value is -0.360. The van der Waals surface area contributed by atoms with Crippen LogP contribution in [0.5, 0.6) is 0 Å². The van der Waals surface area contributed by atoms with Gasteiger partial charge in [0.2, 0.25) is 0 Å². The Labute approximate surface area is 153 Å². The maximum absolute atomic E-state index is 9.00. The van der Waals surface area contributed by atoms with Crippen LogP contribution in [0.1, 0.15) is 31.2 Å². The van der Waals surface area contributed by atoms with Crippen LogP contribution in [-0.4, -0.2) is 54.6 Å². The third-order valence-corrected chi connectivity index (χ3v) is 6.07. The standard InChI is InChI=1S/C18H25Cl2NO3/c1-23-18-5-4-15(24-9-8-22)11-17(18)21(7-6-18)12-13-2-3-14(19)10-16(13)20/h2-3,10,15,17,22H,4-9,11-12H2,1H3/t15-,17+,18-/m1/s1. The van der Waals surface area contributed by atoms with Crippen molar-refractivity contribution in [3.63, 3.8) is 0 Å². The van der Waals surface area contributed by atoms with Gasteiger partial charge in [0.05, 0.1) is 24.9 Å². The number of methoxy groups -OCH3 is 1.